The highest BCUT2D eigenvalue weighted by molar-refractivity contribution is 6.04. The summed E-state index contributed by atoms with van der Waals surface area (Å²) < 4.78 is 4.78. The van der Waals surface area contributed by atoms with Crippen molar-refractivity contribution in [1.29, 1.82) is 0 Å². The molecule has 0 saturated heterocycles. The number of hydrogen-bond acceptors (Lipinski definition) is 5. The number of aryl methyl sites for hydroxylation is 2. The van der Waals surface area contributed by atoms with Gasteiger partial charge >= 0.3 is 5.97 Å². The summed E-state index contributed by atoms with van der Waals surface area (Å²) >= 11 is 0. The first-order chi connectivity index (χ1) is 13.1. The third kappa shape index (κ3) is 4.67. The molecule has 1 heterocycles. The van der Waals surface area contributed by atoms with Crippen LogP contribution in [0.5, 0.6) is 0 Å². The molecule has 2 aromatic rings. The average molecular weight is 385 g/mol. The fourth-order valence-electron chi connectivity index (χ4n) is 3.01. The van der Waals surface area contributed by atoms with E-state index in [4.69, 9.17) is 4.74 Å². The summed E-state index contributed by atoms with van der Waals surface area (Å²) in [5.74, 6) is -0.884. The Morgan fingerprint density at radius 3 is 2.32 bits per heavy atom. The monoisotopic (exact) mass is 385 g/mol. The number of rotatable bonds is 7. The molecule has 1 aromatic carbocycles. The van der Waals surface area contributed by atoms with Crippen LogP contribution in [-0.4, -0.2) is 54.3 Å². The molecule has 7 heteroatoms. The number of likely N-dealkylation sites (N-methyl/N-ethyl adjacent to an activating group) is 1. The molecule has 0 bridgehead atoms. The van der Waals surface area contributed by atoms with Gasteiger partial charge in [0.05, 0.1) is 31.0 Å². The largest absolute Gasteiger partial charge is 0.465 e. The van der Waals surface area contributed by atoms with Gasteiger partial charge < -0.3 is 15.0 Å². The lowest BCUT2D eigenvalue weighted by atomic mass is 10.0. The summed E-state index contributed by atoms with van der Waals surface area (Å²) in [5, 5.41) is 2.82. The first-order valence-corrected chi connectivity index (χ1v) is 9.04. The normalized spacial score (nSPS) is 12.0. The Morgan fingerprint density at radius 2 is 1.75 bits per heavy atom. The van der Waals surface area contributed by atoms with E-state index in [1.807, 2.05) is 31.2 Å². The van der Waals surface area contributed by atoms with E-state index in [1.54, 1.807) is 32.7 Å². The number of aromatic amines is 1. The van der Waals surface area contributed by atoms with Gasteiger partial charge in [0.2, 0.25) is 5.91 Å². The van der Waals surface area contributed by atoms with Gasteiger partial charge in [0, 0.05) is 11.4 Å². The molecule has 2 N–H and O–H groups in total. The molecule has 0 aliphatic carbocycles. The molecule has 2 rings (SSSR count). The lowest BCUT2D eigenvalue weighted by molar-refractivity contribution is -0.117. The van der Waals surface area contributed by atoms with Crippen molar-refractivity contribution < 1.29 is 19.1 Å². The van der Waals surface area contributed by atoms with E-state index >= 15 is 0 Å². The molecule has 0 aliphatic rings. The number of carbonyl (C=O) groups is 3. The van der Waals surface area contributed by atoms with Crippen molar-refractivity contribution in [3.63, 3.8) is 0 Å². The molecule has 150 valence electrons. The number of amides is 1. The Labute approximate surface area is 165 Å². The Kier molecular flexibility index (Phi) is 6.75. The van der Waals surface area contributed by atoms with Crippen molar-refractivity contribution in [2.75, 3.05) is 26.0 Å². The van der Waals surface area contributed by atoms with Crippen LogP contribution in [0.3, 0.4) is 0 Å². The van der Waals surface area contributed by atoms with Gasteiger partial charge in [-0.1, -0.05) is 17.7 Å². The molecule has 0 unspecified atom stereocenters. The third-order valence-corrected chi connectivity index (χ3v) is 4.84. The van der Waals surface area contributed by atoms with Crippen LogP contribution in [0.15, 0.2) is 24.3 Å². The van der Waals surface area contributed by atoms with Gasteiger partial charge in [-0.3, -0.25) is 14.5 Å². The number of anilines is 1. The summed E-state index contributed by atoms with van der Waals surface area (Å²) in [6, 6.07) is 6.95. The van der Waals surface area contributed by atoms with E-state index in [-0.39, 0.29) is 18.2 Å². The molecular weight excluding hydrogens is 358 g/mol. The van der Waals surface area contributed by atoms with Gasteiger partial charge in [-0.05, 0) is 52.4 Å². The van der Waals surface area contributed by atoms with E-state index in [0.717, 1.165) is 5.56 Å². The van der Waals surface area contributed by atoms with E-state index in [0.29, 0.717) is 28.2 Å². The molecule has 0 spiro atoms. The van der Waals surface area contributed by atoms with Crippen LogP contribution >= 0.6 is 0 Å². The fraction of sp³-hybridized carbons (Fsp3) is 0.381. The highest BCUT2D eigenvalue weighted by atomic mass is 16.5. The standard InChI is InChI=1S/C21H27N3O4/c1-12-7-9-16(10-8-12)23-17(25)11-24(5)15(4)20(26)19-13(2)18(14(3)22-19)21(27)28-6/h7-10,15,22H,11H2,1-6H3,(H,23,25)/t15-/m0/s1. The minimum absolute atomic E-state index is 0.0589. The zero-order valence-corrected chi connectivity index (χ0v) is 17.2. The molecule has 0 fully saturated rings. The van der Waals surface area contributed by atoms with Crippen molar-refractivity contribution >= 4 is 23.3 Å². The molecule has 1 amide bonds. The molecule has 28 heavy (non-hydrogen) atoms. The number of ketones is 1. The van der Waals surface area contributed by atoms with E-state index < -0.39 is 12.0 Å². The number of carbonyl (C=O) groups excluding carboxylic acids is 3. The first kappa shape index (κ1) is 21.4. The second kappa shape index (κ2) is 8.84. The zero-order valence-electron chi connectivity index (χ0n) is 17.2. The summed E-state index contributed by atoms with van der Waals surface area (Å²) in [4.78, 5) is 41.8. The Balaban J connectivity index is 2.07. The second-order valence-corrected chi connectivity index (χ2v) is 6.99. The van der Waals surface area contributed by atoms with Crippen LogP contribution in [0.2, 0.25) is 0 Å². The number of methoxy groups -OCH3 is 1. The maximum Gasteiger partial charge on any atom is 0.339 e. The number of Topliss-reactive ketones (excluding diaryl/α,β-unsaturated/α-hetero) is 1. The number of H-pyrrole nitrogens is 1. The minimum Gasteiger partial charge on any atom is -0.465 e. The number of esters is 1. The van der Waals surface area contributed by atoms with Crippen molar-refractivity contribution in [3.05, 3.63) is 52.3 Å². The predicted octanol–water partition coefficient (Wildman–Crippen LogP) is 2.87. The lowest BCUT2D eigenvalue weighted by Gasteiger charge is -2.23. The summed E-state index contributed by atoms with van der Waals surface area (Å²) in [6.45, 7) is 7.19. The van der Waals surface area contributed by atoms with Gasteiger partial charge in [-0.25, -0.2) is 4.79 Å². The molecular formula is C21H27N3O4. The molecule has 1 atom stereocenters. The number of benzene rings is 1. The van der Waals surface area contributed by atoms with Crippen molar-refractivity contribution in [3.8, 4) is 0 Å². The number of ether oxygens (including phenoxy) is 1. The number of nitrogens with one attached hydrogen (secondary N) is 2. The highest BCUT2D eigenvalue weighted by Crippen LogP contribution is 2.21. The summed E-state index contributed by atoms with van der Waals surface area (Å²) in [6.07, 6.45) is 0. The molecule has 0 radical (unpaired) electrons. The smallest absolute Gasteiger partial charge is 0.339 e. The minimum atomic E-state index is -0.550. The van der Waals surface area contributed by atoms with Gasteiger partial charge in [-0.2, -0.15) is 0 Å². The number of nitrogens with zero attached hydrogens (tertiary/aromatic N) is 1. The fourth-order valence-corrected chi connectivity index (χ4v) is 3.01. The first-order valence-electron chi connectivity index (χ1n) is 9.04. The SMILES string of the molecule is COC(=O)c1c(C)[nH]c(C(=O)[C@H](C)N(C)CC(=O)Nc2ccc(C)cc2)c1C. The second-order valence-electron chi connectivity index (χ2n) is 6.99. The maximum absolute atomic E-state index is 12.9. The van der Waals surface area contributed by atoms with Crippen LogP contribution in [0.25, 0.3) is 0 Å². The average Bonchev–Trinajstić information content (AvgIpc) is 2.95. The quantitative estimate of drug-likeness (QED) is 0.565. The van der Waals surface area contributed by atoms with Gasteiger partial charge in [0.1, 0.15) is 0 Å². The zero-order chi connectivity index (χ0) is 21.0. The molecule has 0 saturated carbocycles. The molecule has 7 nitrogen and oxygen atoms in total. The lowest BCUT2D eigenvalue weighted by Crippen LogP contribution is -2.41. The van der Waals surface area contributed by atoms with Crippen LogP contribution in [-0.2, 0) is 9.53 Å². The van der Waals surface area contributed by atoms with Crippen molar-refractivity contribution in [1.82, 2.24) is 9.88 Å². The van der Waals surface area contributed by atoms with E-state index in [9.17, 15) is 14.4 Å². The van der Waals surface area contributed by atoms with E-state index in [2.05, 4.69) is 10.3 Å². The number of hydrogen-bond donors (Lipinski definition) is 2. The van der Waals surface area contributed by atoms with E-state index in [1.165, 1.54) is 7.11 Å². The third-order valence-electron chi connectivity index (χ3n) is 4.84. The van der Waals surface area contributed by atoms with Gasteiger partial charge in [0.25, 0.3) is 0 Å². The van der Waals surface area contributed by atoms with Crippen LogP contribution in [0, 0.1) is 20.8 Å². The van der Waals surface area contributed by atoms with Crippen molar-refractivity contribution in [2.45, 2.75) is 33.7 Å². The summed E-state index contributed by atoms with van der Waals surface area (Å²) in [5.41, 5.74) is 3.69. The predicted molar refractivity (Wildman–Crippen MR) is 108 cm³/mol. The van der Waals surface area contributed by atoms with Gasteiger partial charge in [-0.15, -0.1) is 0 Å². The van der Waals surface area contributed by atoms with Crippen molar-refractivity contribution in [2.24, 2.45) is 0 Å². The Morgan fingerprint density at radius 1 is 1.14 bits per heavy atom. The van der Waals surface area contributed by atoms with Crippen LogP contribution in [0.4, 0.5) is 5.69 Å². The van der Waals surface area contributed by atoms with Gasteiger partial charge in [0.15, 0.2) is 5.78 Å². The molecule has 0 aliphatic heterocycles. The summed E-state index contributed by atoms with van der Waals surface area (Å²) in [7, 11) is 3.02. The topological polar surface area (TPSA) is 91.5 Å². The molecule has 1 aromatic heterocycles. The van der Waals surface area contributed by atoms with Crippen LogP contribution < -0.4 is 5.32 Å². The number of aromatic nitrogens is 1. The maximum atomic E-state index is 12.9. The Bertz CT molecular complexity index is 884. The highest BCUT2D eigenvalue weighted by Gasteiger charge is 2.27. The van der Waals surface area contributed by atoms with Crippen LogP contribution in [0.1, 0.15) is 44.6 Å². The Hall–Kier alpha value is -2.93.